The summed E-state index contributed by atoms with van der Waals surface area (Å²) in [6.07, 6.45) is 3.44. The number of hydrogen-bond acceptors (Lipinski definition) is 4. The van der Waals surface area contributed by atoms with E-state index in [0.717, 1.165) is 11.3 Å². The Kier molecular flexibility index (Phi) is 5.92. The lowest BCUT2D eigenvalue weighted by atomic mass is 10.1. The number of nitrogens with zero attached hydrogens (tertiary/aromatic N) is 4. The molecular formula is C27H22N6O2. The lowest BCUT2D eigenvalue weighted by molar-refractivity contribution is 0.101. The molecule has 0 bridgehead atoms. The normalized spacial score (nSPS) is 10.7. The number of anilines is 2. The highest BCUT2D eigenvalue weighted by Crippen LogP contribution is 2.25. The molecule has 0 fully saturated rings. The Balaban J connectivity index is 1.36. The Bertz CT molecular complexity index is 1470. The van der Waals surface area contributed by atoms with Crippen molar-refractivity contribution in [2.24, 2.45) is 7.05 Å². The van der Waals surface area contributed by atoms with Crippen molar-refractivity contribution in [1.82, 2.24) is 19.6 Å². The first-order valence-corrected chi connectivity index (χ1v) is 11.0. The standard InChI is InChI=1S/C27H22N6O2/c1-32-17-16-24(30-32)27(35)29-21-14-12-20(13-15-21)28-26(34)23-18-33(22-10-6-3-7-11-22)31-25(23)19-8-4-2-5-9-19/h2-18H,1H3,(H,28,34)(H,29,35). The van der Waals surface area contributed by atoms with E-state index in [1.54, 1.807) is 59.1 Å². The molecule has 5 rings (SSSR count). The number of para-hydroxylation sites is 1. The number of aromatic nitrogens is 4. The van der Waals surface area contributed by atoms with E-state index in [9.17, 15) is 9.59 Å². The van der Waals surface area contributed by atoms with Gasteiger partial charge in [-0.15, -0.1) is 0 Å². The van der Waals surface area contributed by atoms with Crippen LogP contribution >= 0.6 is 0 Å². The molecule has 0 aliphatic heterocycles. The van der Waals surface area contributed by atoms with Gasteiger partial charge in [0.15, 0.2) is 5.69 Å². The predicted molar refractivity (Wildman–Crippen MR) is 135 cm³/mol. The van der Waals surface area contributed by atoms with E-state index < -0.39 is 0 Å². The quantitative estimate of drug-likeness (QED) is 0.380. The zero-order valence-corrected chi connectivity index (χ0v) is 18.9. The van der Waals surface area contributed by atoms with Crippen LogP contribution < -0.4 is 10.6 Å². The van der Waals surface area contributed by atoms with Crippen molar-refractivity contribution in [1.29, 1.82) is 0 Å². The van der Waals surface area contributed by atoms with Gasteiger partial charge in [0, 0.05) is 36.4 Å². The molecule has 2 heterocycles. The highest BCUT2D eigenvalue weighted by atomic mass is 16.2. The maximum Gasteiger partial charge on any atom is 0.276 e. The largest absolute Gasteiger partial charge is 0.322 e. The Morgan fingerprint density at radius 2 is 1.31 bits per heavy atom. The number of amides is 2. The lowest BCUT2D eigenvalue weighted by Gasteiger charge is -2.08. The average molecular weight is 463 g/mol. The monoisotopic (exact) mass is 462 g/mol. The molecule has 172 valence electrons. The third-order valence-corrected chi connectivity index (χ3v) is 5.37. The second-order valence-electron chi connectivity index (χ2n) is 7.90. The van der Waals surface area contributed by atoms with Gasteiger partial charge in [0.05, 0.1) is 11.3 Å². The van der Waals surface area contributed by atoms with E-state index in [1.165, 1.54) is 0 Å². The van der Waals surface area contributed by atoms with Gasteiger partial charge in [0.2, 0.25) is 0 Å². The van der Waals surface area contributed by atoms with Gasteiger partial charge in [-0.1, -0.05) is 48.5 Å². The summed E-state index contributed by atoms with van der Waals surface area (Å²) in [6, 6.07) is 27.8. The molecule has 0 atom stereocenters. The van der Waals surface area contributed by atoms with Crippen LogP contribution in [0, 0.1) is 0 Å². The van der Waals surface area contributed by atoms with Crippen LogP contribution in [0.2, 0.25) is 0 Å². The van der Waals surface area contributed by atoms with Crippen LogP contribution in [0.4, 0.5) is 11.4 Å². The van der Waals surface area contributed by atoms with Gasteiger partial charge < -0.3 is 10.6 Å². The first-order chi connectivity index (χ1) is 17.1. The molecule has 0 saturated heterocycles. The summed E-state index contributed by atoms with van der Waals surface area (Å²) in [5, 5.41) is 14.5. The molecule has 5 aromatic rings. The fourth-order valence-corrected chi connectivity index (χ4v) is 3.63. The van der Waals surface area contributed by atoms with Gasteiger partial charge in [0.25, 0.3) is 11.8 Å². The average Bonchev–Trinajstić information content (AvgIpc) is 3.53. The fraction of sp³-hybridized carbons (Fsp3) is 0.0370. The molecule has 0 spiro atoms. The van der Waals surface area contributed by atoms with Crippen LogP contribution in [0.3, 0.4) is 0 Å². The van der Waals surface area contributed by atoms with Crippen LogP contribution in [0.1, 0.15) is 20.8 Å². The van der Waals surface area contributed by atoms with Crippen LogP contribution in [-0.4, -0.2) is 31.4 Å². The molecule has 2 N–H and O–H groups in total. The molecule has 0 aliphatic carbocycles. The molecule has 0 unspecified atom stereocenters. The van der Waals surface area contributed by atoms with Crippen molar-refractivity contribution in [3.63, 3.8) is 0 Å². The summed E-state index contributed by atoms with van der Waals surface area (Å²) in [5.41, 5.74) is 4.27. The third-order valence-electron chi connectivity index (χ3n) is 5.37. The minimum absolute atomic E-state index is 0.281. The second kappa shape index (κ2) is 9.48. The molecular weight excluding hydrogens is 440 g/mol. The maximum atomic E-state index is 13.3. The summed E-state index contributed by atoms with van der Waals surface area (Å²) in [5.74, 6) is -0.584. The highest BCUT2D eigenvalue weighted by molar-refractivity contribution is 6.08. The van der Waals surface area contributed by atoms with Crippen LogP contribution in [0.15, 0.2) is 103 Å². The number of aryl methyl sites for hydroxylation is 1. The van der Waals surface area contributed by atoms with E-state index >= 15 is 0 Å². The van der Waals surface area contributed by atoms with Gasteiger partial charge in [-0.25, -0.2) is 4.68 Å². The third kappa shape index (κ3) is 4.86. The van der Waals surface area contributed by atoms with Gasteiger partial charge in [-0.2, -0.15) is 10.2 Å². The molecule has 0 saturated carbocycles. The van der Waals surface area contributed by atoms with Gasteiger partial charge in [-0.3, -0.25) is 14.3 Å². The topological polar surface area (TPSA) is 93.8 Å². The Morgan fingerprint density at radius 3 is 1.91 bits per heavy atom. The fourth-order valence-electron chi connectivity index (χ4n) is 3.63. The molecule has 8 nitrogen and oxygen atoms in total. The number of nitrogens with one attached hydrogen (secondary N) is 2. The molecule has 8 heteroatoms. The van der Waals surface area contributed by atoms with E-state index in [-0.39, 0.29) is 11.8 Å². The number of carbonyl (C=O) groups excluding carboxylic acids is 2. The van der Waals surface area contributed by atoms with E-state index in [1.807, 2.05) is 60.7 Å². The van der Waals surface area contributed by atoms with Crippen molar-refractivity contribution >= 4 is 23.2 Å². The van der Waals surface area contributed by atoms with Crippen molar-refractivity contribution in [2.45, 2.75) is 0 Å². The Labute approximate surface area is 201 Å². The molecule has 3 aromatic carbocycles. The first-order valence-electron chi connectivity index (χ1n) is 11.0. The number of benzene rings is 3. The van der Waals surface area contributed by atoms with Crippen molar-refractivity contribution in [3.05, 3.63) is 115 Å². The second-order valence-corrected chi connectivity index (χ2v) is 7.90. The van der Waals surface area contributed by atoms with Crippen LogP contribution in [-0.2, 0) is 7.05 Å². The van der Waals surface area contributed by atoms with E-state index in [2.05, 4.69) is 15.7 Å². The van der Waals surface area contributed by atoms with Gasteiger partial charge >= 0.3 is 0 Å². The van der Waals surface area contributed by atoms with Crippen molar-refractivity contribution < 1.29 is 9.59 Å². The number of rotatable bonds is 6. The predicted octanol–water partition coefficient (Wildman–Crippen LogP) is 4.78. The van der Waals surface area contributed by atoms with Crippen molar-refractivity contribution in [2.75, 3.05) is 10.6 Å². The maximum absolute atomic E-state index is 13.3. The Morgan fingerprint density at radius 1 is 0.714 bits per heavy atom. The summed E-state index contributed by atoms with van der Waals surface area (Å²) < 4.78 is 3.27. The minimum Gasteiger partial charge on any atom is -0.322 e. The van der Waals surface area contributed by atoms with Gasteiger partial charge in [0.1, 0.15) is 5.69 Å². The summed E-state index contributed by atoms with van der Waals surface area (Å²) in [6.45, 7) is 0. The number of hydrogen-bond donors (Lipinski definition) is 2. The molecule has 2 amide bonds. The molecule has 0 radical (unpaired) electrons. The van der Waals surface area contributed by atoms with Gasteiger partial charge in [-0.05, 0) is 42.5 Å². The summed E-state index contributed by atoms with van der Waals surface area (Å²) in [4.78, 5) is 25.6. The molecule has 2 aromatic heterocycles. The lowest BCUT2D eigenvalue weighted by Crippen LogP contribution is -2.14. The van der Waals surface area contributed by atoms with E-state index in [4.69, 9.17) is 5.10 Å². The van der Waals surface area contributed by atoms with Crippen LogP contribution in [0.5, 0.6) is 0 Å². The zero-order chi connectivity index (χ0) is 24.2. The Hall–Kier alpha value is -4.98. The first kappa shape index (κ1) is 21.8. The molecule has 0 aliphatic rings. The number of carbonyl (C=O) groups is 2. The summed E-state index contributed by atoms with van der Waals surface area (Å²) in [7, 11) is 1.75. The SMILES string of the molecule is Cn1ccc(C(=O)Nc2ccc(NC(=O)c3cn(-c4ccccc4)nc3-c3ccccc3)cc2)n1. The molecule has 35 heavy (non-hydrogen) atoms. The zero-order valence-electron chi connectivity index (χ0n) is 18.9. The highest BCUT2D eigenvalue weighted by Gasteiger charge is 2.19. The van der Waals surface area contributed by atoms with Crippen molar-refractivity contribution in [3.8, 4) is 16.9 Å². The van der Waals surface area contributed by atoms with E-state index in [0.29, 0.717) is 28.3 Å². The van der Waals surface area contributed by atoms with Crippen LogP contribution in [0.25, 0.3) is 16.9 Å². The minimum atomic E-state index is -0.303. The smallest absolute Gasteiger partial charge is 0.276 e. The summed E-state index contributed by atoms with van der Waals surface area (Å²) >= 11 is 0.